The third-order valence-corrected chi connectivity index (χ3v) is 9.81. The molecule has 1 aromatic heterocycles. The highest BCUT2D eigenvalue weighted by atomic mass is 35.5. The Labute approximate surface area is 220 Å². The predicted octanol–water partition coefficient (Wildman–Crippen LogP) is 4.65. The van der Waals surface area contributed by atoms with E-state index in [1.54, 1.807) is 17.0 Å². The Hall–Kier alpha value is -2.42. The molecule has 36 heavy (non-hydrogen) atoms. The molecule has 3 saturated heterocycles. The molecule has 4 aliphatic rings. The molecule has 6 rings (SSSR count). The van der Waals surface area contributed by atoms with Gasteiger partial charge in [0.05, 0.1) is 20.9 Å². The molecule has 4 amide bonds. The molecule has 2 atom stereocenters. The number of thiophene rings is 1. The van der Waals surface area contributed by atoms with Crippen molar-refractivity contribution < 1.29 is 14.4 Å². The second-order valence-electron chi connectivity index (χ2n) is 10.5. The van der Waals surface area contributed by atoms with Crippen LogP contribution >= 0.6 is 22.9 Å². The largest absolute Gasteiger partial charge is 0.346 e. The average molecular weight is 527 g/mol. The number of anilines is 1. The van der Waals surface area contributed by atoms with Crippen molar-refractivity contribution in [2.75, 3.05) is 31.1 Å². The summed E-state index contributed by atoms with van der Waals surface area (Å²) in [6.45, 7) is 4.02. The Balaban J connectivity index is 1.15. The Morgan fingerprint density at radius 3 is 2.42 bits per heavy atom. The number of amides is 4. The molecule has 0 unspecified atom stereocenters. The second-order valence-corrected chi connectivity index (χ2v) is 12.3. The summed E-state index contributed by atoms with van der Waals surface area (Å²) in [5, 5.41) is 2.95. The number of fused-ring (bicyclic) bond motifs is 1. The highest BCUT2D eigenvalue weighted by Gasteiger charge is 2.53. The minimum atomic E-state index is -0.671. The fourth-order valence-corrected chi connectivity index (χ4v) is 7.31. The minimum Gasteiger partial charge on any atom is -0.346 e. The van der Waals surface area contributed by atoms with Crippen LogP contribution in [0.15, 0.2) is 36.4 Å². The molecule has 0 bridgehead atoms. The van der Waals surface area contributed by atoms with Crippen molar-refractivity contribution in [2.24, 2.45) is 0 Å². The van der Waals surface area contributed by atoms with Gasteiger partial charge in [-0.05, 0) is 93.4 Å². The fourth-order valence-electron chi connectivity index (χ4n) is 6.36. The predicted molar refractivity (Wildman–Crippen MR) is 141 cm³/mol. The van der Waals surface area contributed by atoms with Gasteiger partial charge in [-0.2, -0.15) is 0 Å². The van der Waals surface area contributed by atoms with Crippen LogP contribution in [0.2, 0.25) is 4.34 Å². The average Bonchev–Trinajstić information content (AvgIpc) is 3.63. The number of imide groups is 1. The quantitative estimate of drug-likeness (QED) is 0.533. The van der Waals surface area contributed by atoms with Gasteiger partial charge in [-0.15, -0.1) is 11.3 Å². The first-order valence-electron chi connectivity index (χ1n) is 13.0. The van der Waals surface area contributed by atoms with Crippen LogP contribution < -0.4 is 10.2 Å². The summed E-state index contributed by atoms with van der Waals surface area (Å²) in [6, 6.07) is 10.0. The van der Waals surface area contributed by atoms with E-state index in [9.17, 15) is 14.4 Å². The highest BCUT2D eigenvalue weighted by molar-refractivity contribution is 7.18. The molecule has 3 aliphatic heterocycles. The summed E-state index contributed by atoms with van der Waals surface area (Å²) in [5.41, 5.74) is 2.14. The maximum atomic E-state index is 13.4. The lowest BCUT2D eigenvalue weighted by atomic mass is 9.62. The number of urea groups is 1. The molecule has 7 nitrogen and oxygen atoms in total. The van der Waals surface area contributed by atoms with E-state index in [4.69, 9.17) is 11.6 Å². The highest BCUT2D eigenvalue weighted by Crippen LogP contribution is 2.47. The number of hydrogen-bond donors (Lipinski definition) is 1. The van der Waals surface area contributed by atoms with Crippen LogP contribution in [0.4, 0.5) is 10.5 Å². The van der Waals surface area contributed by atoms with Crippen molar-refractivity contribution in [3.8, 4) is 0 Å². The van der Waals surface area contributed by atoms with Gasteiger partial charge in [0.2, 0.25) is 0 Å². The van der Waals surface area contributed by atoms with E-state index in [2.05, 4.69) is 22.3 Å². The van der Waals surface area contributed by atoms with E-state index in [-0.39, 0.29) is 23.3 Å². The van der Waals surface area contributed by atoms with Crippen LogP contribution in [0.1, 0.15) is 60.2 Å². The van der Waals surface area contributed by atoms with Gasteiger partial charge in [-0.25, -0.2) is 9.69 Å². The second kappa shape index (κ2) is 9.47. The fraction of sp³-hybridized carbons (Fsp3) is 0.519. The number of rotatable bonds is 7. The molecule has 0 radical (unpaired) electrons. The van der Waals surface area contributed by atoms with Crippen molar-refractivity contribution in [2.45, 2.75) is 62.4 Å². The molecular formula is C27H31ClN4O3S. The molecule has 1 N–H and O–H groups in total. The maximum Gasteiger partial charge on any atom is 0.332 e. The van der Waals surface area contributed by atoms with E-state index in [0.29, 0.717) is 27.9 Å². The molecule has 9 heteroatoms. The number of likely N-dealkylation sites (tertiary alicyclic amines) is 1. The number of halogens is 1. The number of carbonyl (C=O) groups excluding carboxylic acids is 3. The topological polar surface area (TPSA) is 73.0 Å². The SMILES string of the molecule is O=C(N[C@@H]1CCN2C(=O)N(c3ccc(C4(CCN5CCCC5)CCC4)cc3)C(=O)[C@H]12)c1ccc(Cl)s1. The van der Waals surface area contributed by atoms with E-state index >= 15 is 0 Å². The molecule has 4 heterocycles. The van der Waals surface area contributed by atoms with Crippen molar-refractivity contribution in [1.82, 2.24) is 15.1 Å². The molecule has 190 valence electrons. The number of nitrogens with one attached hydrogen (secondary N) is 1. The Morgan fingerprint density at radius 2 is 1.78 bits per heavy atom. The zero-order chi connectivity index (χ0) is 24.9. The van der Waals surface area contributed by atoms with Crippen LogP contribution in [0.25, 0.3) is 0 Å². The van der Waals surface area contributed by atoms with Crippen LogP contribution in [0, 0.1) is 0 Å². The zero-order valence-electron chi connectivity index (χ0n) is 20.2. The molecule has 1 aliphatic carbocycles. The summed E-state index contributed by atoms with van der Waals surface area (Å²) in [4.78, 5) is 45.2. The number of hydrogen-bond acceptors (Lipinski definition) is 5. The van der Waals surface area contributed by atoms with Gasteiger partial charge in [0, 0.05) is 6.54 Å². The lowest BCUT2D eigenvalue weighted by molar-refractivity contribution is -0.119. The van der Waals surface area contributed by atoms with Crippen molar-refractivity contribution in [1.29, 1.82) is 0 Å². The van der Waals surface area contributed by atoms with Crippen LogP contribution in [0.3, 0.4) is 0 Å². The molecule has 4 fully saturated rings. The van der Waals surface area contributed by atoms with Gasteiger partial charge in [0.15, 0.2) is 0 Å². The standard InChI is InChI=1S/C27H31ClN4O3S/c28-22-9-8-21(36-22)24(33)29-20-10-16-31-23(20)25(34)32(26(31)35)19-6-4-18(5-7-19)27(11-3-12-27)13-17-30-14-1-2-15-30/h4-9,20,23H,1-3,10-17H2,(H,29,33)/t20-,23+/m1/s1. The van der Waals surface area contributed by atoms with E-state index in [1.165, 1.54) is 73.4 Å². The number of carbonyl (C=O) groups is 3. The first-order chi connectivity index (χ1) is 17.4. The molecule has 1 aromatic carbocycles. The Kier molecular flexibility index (Phi) is 6.30. The monoisotopic (exact) mass is 526 g/mol. The number of benzene rings is 1. The van der Waals surface area contributed by atoms with E-state index in [1.807, 2.05) is 12.1 Å². The van der Waals surface area contributed by atoms with E-state index in [0.717, 1.165) is 6.54 Å². The summed E-state index contributed by atoms with van der Waals surface area (Å²) in [7, 11) is 0. The van der Waals surface area contributed by atoms with Gasteiger partial charge in [-0.1, -0.05) is 30.2 Å². The summed E-state index contributed by atoms with van der Waals surface area (Å²) in [6.07, 6.45) is 8.00. The smallest absolute Gasteiger partial charge is 0.332 e. The summed E-state index contributed by atoms with van der Waals surface area (Å²) >= 11 is 7.16. The summed E-state index contributed by atoms with van der Waals surface area (Å²) in [5.74, 6) is -0.534. The van der Waals surface area contributed by atoms with Gasteiger partial charge < -0.3 is 15.1 Å². The normalized spacial score (nSPS) is 25.4. The first kappa shape index (κ1) is 23.9. The van der Waals surface area contributed by atoms with Crippen LogP contribution in [0.5, 0.6) is 0 Å². The third kappa shape index (κ3) is 4.13. The lowest BCUT2D eigenvalue weighted by Gasteiger charge is -2.43. The third-order valence-electron chi connectivity index (χ3n) is 8.58. The van der Waals surface area contributed by atoms with Crippen LogP contribution in [-0.2, 0) is 10.2 Å². The van der Waals surface area contributed by atoms with Crippen molar-refractivity contribution in [3.05, 3.63) is 51.2 Å². The molecular weight excluding hydrogens is 496 g/mol. The van der Waals surface area contributed by atoms with Gasteiger partial charge >= 0.3 is 6.03 Å². The van der Waals surface area contributed by atoms with Crippen molar-refractivity contribution >= 4 is 46.5 Å². The van der Waals surface area contributed by atoms with E-state index < -0.39 is 12.1 Å². The molecule has 1 saturated carbocycles. The maximum absolute atomic E-state index is 13.4. The zero-order valence-corrected chi connectivity index (χ0v) is 21.8. The molecule has 0 spiro atoms. The van der Waals surface area contributed by atoms with Gasteiger partial charge in [0.1, 0.15) is 6.04 Å². The van der Waals surface area contributed by atoms with Gasteiger partial charge in [-0.3, -0.25) is 9.59 Å². The molecule has 2 aromatic rings. The minimum absolute atomic E-state index is 0.222. The number of nitrogens with zero attached hydrogens (tertiary/aromatic N) is 3. The van der Waals surface area contributed by atoms with Crippen LogP contribution in [-0.4, -0.2) is 65.9 Å². The first-order valence-corrected chi connectivity index (χ1v) is 14.2. The van der Waals surface area contributed by atoms with Crippen molar-refractivity contribution in [3.63, 3.8) is 0 Å². The summed E-state index contributed by atoms with van der Waals surface area (Å²) < 4.78 is 0.537. The Bertz CT molecular complexity index is 1170. The lowest BCUT2D eigenvalue weighted by Crippen LogP contribution is -2.46. The van der Waals surface area contributed by atoms with Gasteiger partial charge in [0.25, 0.3) is 11.8 Å². The Morgan fingerprint density at radius 1 is 1.03 bits per heavy atom.